The molecule has 0 saturated heterocycles. The molecule has 3 aromatic rings. The van der Waals surface area contributed by atoms with Gasteiger partial charge in [0.15, 0.2) is 10.4 Å². The van der Waals surface area contributed by atoms with Crippen LogP contribution in [-0.4, -0.2) is 17.0 Å². The molecule has 1 N–H and O–H groups in total. The quantitative estimate of drug-likeness (QED) is 0.458. The minimum Gasteiger partial charge on any atom is -0.477 e. The number of aromatic carboxylic acids is 1. The molecular formula is C18H10BrClO5. The fourth-order valence-electron chi connectivity index (χ4n) is 2.19. The highest BCUT2D eigenvalue weighted by molar-refractivity contribution is 9.10. The van der Waals surface area contributed by atoms with E-state index < -0.39 is 11.9 Å². The molecule has 0 aliphatic rings. The van der Waals surface area contributed by atoms with Gasteiger partial charge in [-0.2, -0.15) is 0 Å². The lowest BCUT2D eigenvalue weighted by Crippen LogP contribution is -2.07. The van der Waals surface area contributed by atoms with Gasteiger partial charge in [-0.25, -0.2) is 9.59 Å². The molecule has 0 fully saturated rings. The Bertz CT molecular complexity index is 932. The first-order valence-electron chi connectivity index (χ1n) is 7.06. The number of halogens is 2. The van der Waals surface area contributed by atoms with Crippen molar-refractivity contribution < 1.29 is 23.8 Å². The zero-order valence-corrected chi connectivity index (χ0v) is 14.9. The Morgan fingerprint density at radius 1 is 1.04 bits per heavy atom. The van der Waals surface area contributed by atoms with Crippen LogP contribution in [0, 0.1) is 0 Å². The monoisotopic (exact) mass is 420 g/mol. The normalized spacial score (nSPS) is 10.5. The Hall–Kier alpha value is -2.57. The number of carbonyl (C=O) groups is 2. The fourth-order valence-corrected chi connectivity index (χ4v) is 2.76. The molecule has 126 valence electrons. The third-order valence-corrected chi connectivity index (χ3v) is 4.51. The van der Waals surface area contributed by atoms with Gasteiger partial charge in [0.2, 0.25) is 0 Å². The van der Waals surface area contributed by atoms with Gasteiger partial charge < -0.3 is 14.3 Å². The Morgan fingerprint density at radius 3 is 2.28 bits per heavy atom. The van der Waals surface area contributed by atoms with E-state index in [9.17, 15) is 14.7 Å². The molecule has 0 unspecified atom stereocenters. The minimum absolute atomic E-state index is 0.0120. The first kappa shape index (κ1) is 17.3. The van der Waals surface area contributed by atoms with Crippen molar-refractivity contribution >= 4 is 39.5 Å². The van der Waals surface area contributed by atoms with Crippen LogP contribution in [0.25, 0.3) is 11.3 Å². The molecule has 0 aliphatic heterocycles. The fraction of sp³-hybridized carbons (Fsp3) is 0. The van der Waals surface area contributed by atoms with Crippen molar-refractivity contribution in [1.82, 2.24) is 0 Å². The van der Waals surface area contributed by atoms with Crippen LogP contribution in [0.15, 0.2) is 63.7 Å². The first-order valence-corrected chi connectivity index (χ1v) is 8.23. The van der Waals surface area contributed by atoms with Crippen molar-refractivity contribution in [3.05, 3.63) is 75.4 Å². The summed E-state index contributed by atoms with van der Waals surface area (Å²) in [6.45, 7) is 0. The van der Waals surface area contributed by atoms with Crippen molar-refractivity contribution in [2.24, 2.45) is 0 Å². The summed E-state index contributed by atoms with van der Waals surface area (Å²) in [6.07, 6.45) is 0. The smallest absolute Gasteiger partial charge is 0.343 e. The second-order valence-corrected chi connectivity index (χ2v) is 6.08. The number of carbonyl (C=O) groups excluding carboxylic acids is 1. The predicted octanol–water partition coefficient (Wildman–Crippen LogP) is 5.28. The molecule has 1 aromatic heterocycles. The molecule has 0 saturated carbocycles. The molecule has 0 spiro atoms. The molecule has 1 heterocycles. The number of benzene rings is 2. The van der Waals surface area contributed by atoms with E-state index in [1.807, 2.05) is 0 Å². The van der Waals surface area contributed by atoms with Crippen molar-refractivity contribution in [3.8, 4) is 17.1 Å². The van der Waals surface area contributed by atoms with Crippen LogP contribution < -0.4 is 4.74 Å². The van der Waals surface area contributed by atoms with Gasteiger partial charge >= 0.3 is 11.9 Å². The number of esters is 1. The molecule has 0 radical (unpaired) electrons. The van der Waals surface area contributed by atoms with Gasteiger partial charge in [0.25, 0.3) is 0 Å². The lowest BCUT2D eigenvalue weighted by molar-refractivity contribution is 0.0695. The molecule has 25 heavy (non-hydrogen) atoms. The van der Waals surface area contributed by atoms with Crippen molar-refractivity contribution in [2.45, 2.75) is 0 Å². The van der Waals surface area contributed by atoms with Crippen molar-refractivity contribution in [1.29, 1.82) is 0 Å². The van der Waals surface area contributed by atoms with E-state index in [4.69, 9.17) is 20.8 Å². The van der Waals surface area contributed by atoms with E-state index in [-0.39, 0.29) is 21.0 Å². The summed E-state index contributed by atoms with van der Waals surface area (Å²) in [5.74, 6) is -1.24. The van der Waals surface area contributed by atoms with Crippen LogP contribution in [0.4, 0.5) is 0 Å². The summed E-state index contributed by atoms with van der Waals surface area (Å²) in [4.78, 5) is 23.4. The van der Waals surface area contributed by atoms with Gasteiger partial charge in [-0.3, -0.25) is 0 Å². The van der Waals surface area contributed by atoms with Gasteiger partial charge in [-0.1, -0.05) is 29.8 Å². The molecule has 0 bridgehead atoms. The Morgan fingerprint density at radius 2 is 1.68 bits per heavy atom. The zero-order chi connectivity index (χ0) is 18.0. The molecule has 5 nitrogen and oxygen atoms in total. The highest BCUT2D eigenvalue weighted by Crippen LogP contribution is 2.38. The van der Waals surface area contributed by atoms with Crippen LogP contribution in [0.2, 0.25) is 5.02 Å². The summed E-state index contributed by atoms with van der Waals surface area (Å²) >= 11 is 9.01. The van der Waals surface area contributed by atoms with Gasteiger partial charge in [-0.15, -0.1) is 0 Å². The van der Waals surface area contributed by atoms with Crippen LogP contribution in [0.1, 0.15) is 20.7 Å². The van der Waals surface area contributed by atoms with Gasteiger partial charge in [0, 0.05) is 5.56 Å². The standard InChI is InChI=1S/C18H10BrClO5/c19-16-14(20)13(17(21)22)15(25-16)10-6-8-12(9-7-10)24-18(23)11-4-2-1-3-5-11/h1-9H,(H,21,22). The van der Waals surface area contributed by atoms with E-state index in [0.29, 0.717) is 16.9 Å². The van der Waals surface area contributed by atoms with Crippen LogP contribution in [-0.2, 0) is 0 Å². The second kappa shape index (κ2) is 7.13. The van der Waals surface area contributed by atoms with Gasteiger partial charge in [0.1, 0.15) is 16.3 Å². The molecule has 0 aliphatic carbocycles. The number of carboxylic acid groups (broad SMARTS) is 1. The van der Waals surface area contributed by atoms with Crippen LogP contribution >= 0.6 is 27.5 Å². The van der Waals surface area contributed by atoms with Gasteiger partial charge in [-0.05, 0) is 52.3 Å². The molecular weight excluding hydrogens is 412 g/mol. The molecule has 0 atom stereocenters. The molecule has 3 rings (SSSR count). The third-order valence-electron chi connectivity index (χ3n) is 3.36. The molecule has 2 aromatic carbocycles. The maximum atomic E-state index is 12.0. The van der Waals surface area contributed by atoms with E-state index in [2.05, 4.69) is 15.9 Å². The van der Waals surface area contributed by atoms with E-state index in [1.54, 1.807) is 54.6 Å². The van der Waals surface area contributed by atoms with E-state index in [0.717, 1.165) is 0 Å². The third kappa shape index (κ3) is 3.60. The largest absolute Gasteiger partial charge is 0.477 e. The highest BCUT2D eigenvalue weighted by Gasteiger charge is 2.24. The van der Waals surface area contributed by atoms with Crippen LogP contribution in [0.5, 0.6) is 5.75 Å². The lowest BCUT2D eigenvalue weighted by atomic mass is 10.1. The summed E-state index contributed by atoms with van der Waals surface area (Å²) < 4.78 is 10.8. The highest BCUT2D eigenvalue weighted by atomic mass is 79.9. The summed E-state index contributed by atoms with van der Waals surface area (Å²) in [7, 11) is 0. The second-order valence-electron chi connectivity index (χ2n) is 4.98. The summed E-state index contributed by atoms with van der Waals surface area (Å²) in [6, 6.07) is 14.9. The molecule has 0 amide bonds. The van der Waals surface area contributed by atoms with Crippen molar-refractivity contribution in [2.75, 3.05) is 0 Å². The Kier molecular flexibility index (Phi) is 4.92. The average Bonchev–Trinajstić information content (AvgIpc) is 2.91. The van der Waals surface area contributed by atoms with Gasteiger partial charge in [0.05, 0.1) is 5.56 Å². The summed E-state index contributed by atoms with van der Waals surface area (Å²) in [5.41, 5.74) is 0.786. The predicted molar refractivity (Wildman–Crippen MR) is 95.2 cm³/mol. The lowest BCUT2D eigenvalue weighted by Gasteiger charge is -2.05. The SMILES string of the molecule is O=C(Oc1ccc(-c2oc(Br)c(Cl)c2C(=O)O)cc1)c1ccccc1. The first-order chi connectivity index (χ1) is 12.0. The Labute approximate surface area is 155 Å². The van der Waals surface area contributed by atoms with Crippen molar-refractivity contribution in [3.63, 3.8) is 0 Å². The maximum Gasteiger partial charge on any atom is 0.343 e. The maximum absolute atomic E-state index is 12.0. The van der Waals surface area contributed by atoms with E-state index >= 15 is 0 Å². The number of rotatable bonds is 4. The minimum atomic E-state index is -1.20. The number of ether oxygens (including phenoxy) is 1. The topological polar surface area (TPSA) is 76.7 Å². The number of hydrogen-bond donors (Lipinski definition) is 1. The number of carboxylic acids is 1. The Balaban J connectivity index is 1.85. The van der Waals surface area contributed by atoms with E-state index in [1.165, 1.54) is 0 Å². The number of furan rings is 1. The number of hydrogen-bond acceptors (Lipinski definition) is 4. The molecule has 7 heteroatoms. The van der Waals surface area contributed by atoms with Crippen LogP contribution in [0.3, 0.4) is 0 Å². The average molecular weight is 422 g/mol. The summed E-state index contributed by atoms with van der Waals surface area (Å²) in [5, 5.41) is 9.27. The zero-order valence-electron chi connectivity index (χ0n) is 12.5.